The van der Waals surface area contributed by atoms with Crippen molar-refractivity contribution in [1.29, 1.82) is 0 Å². The van der Waals surface area contributed by atoms with Crippen LogP contribution < -0.4 is 0 Å². The summed E-state index contributed by atoms with van der Waals surface area (Å²) in [5, 5.41) is 2.10. The van der Waals surface area contributed by atoms with Gasteiger partial charge in [-0.05, 0) is 93.7 Å². The molecule has 2 aliphatic rings. The highest BCUT2D eigenvalue weighted by Crippen LogP contribution is 2.47. The van der Waals surface area contributed by atoms with Crippen LogP contribution in [0.1, 0.15) is 22.3 Å². The smallest absolute Gasteiger partial charge is 0.149 e. The Bertz CT molecular complexity index is 2070. The predicted octanol–water partition coefficient (Wildman–Crippen LogP) is 6.73. The van der Waals surface area contributed by atoms with E-state index < -0.39 is 0 Å². The number of aromatic nitrogens is 4. The van der Waals surface area contributed by atoms with Gasteiger partial charge in [0.25, 0.3) is 0 Å². The summed E-state index contributed by atoms with van der Waals surface area (Å²) in [6.45, 7) is 0. The van der Waals surface area contributed by atoms with Gasteiger partial charge < -0.3 is 0 Å². The first-order valence-corrected chi connectivity index (χ1v) is 12.0. The van der Waals surface area contributed by atoms with Crippen LogP contribution in [-0.2, 0) is 12.8 Å². The van der Waals surface area contributed by atoms with Gasteiger partial charge in [-0.15, -0.1) is 0 Å². The molecule has 162 valence electrons. The zero-order valence-electron chi connectivity index (χ0n) is 18.8. The van der Waals surface area contributed by atoms with E-state index in [1.54, 1.807) is 0 Å². The van der Waals surface area contributed by atoms with E-state index in [0.717, 1.165) is 51.5 Å². The van der Waals surface area contributed by atoms with Crippen LogP contribution in [0.2, 0.25) is 0 Å². The third-order valence-corrected chi connectivity index (χ3v) is 7.95. The van der Waals surface area contributed by atoms with Crippen molar-refractivity contribution in [3.63, 3.8) is 0 Å². The maximum atomic E-state index is 5.12. The number of benzene rings is 3. The van der Waals surface area contributed by atoms with E-state index in [2.05, 4.69) is 70.0 Å². The van der Waals surface area contributed by atoms with Gasteiger partial charge in [-0.2, -0.15) is 0 Å². The molecule has 0 atom stereocenters. The fraction of sp³-hybridized carbons (Fsp3) is 0.0645. The molecule has 0 unspecified atom stereocenters. The van der Waals surface area contributed by atoms with Crippen LogP contribution in [0.15, 0.2) is 85.2 Å². The zero-order valence-corrected chi connectivity index (χ0v) is 18.8. The summed E-state index contributed by atoms with van der Waals surface area (Å²) in [6, 6.07) is 26.3. The molecule has 0 fully saturated rings. The van der Waals surface area contributed by atoms with E-state index >= 15 is 0 Å². The highest BCUT2D eigenvalue weighted by Gasteiger charge is 2.28. The van der Waals surface area contributed by atoms with E-state index in [9.17, 15) is 0 Å². The van der Waals surface area contributed by atoms with Gasteiger partial charge in [-0.25, -0.2) is 9.97 Å². The molecule has 4 heteroatoms. The van der Waals surface area contributed by atoms with Crippen molar-refractivity contribution in [3.8, 4) is 22.3 Å². The second-order valence-electron chi connectivity index (χ2n) is 9.67. The van der Waals surface area contributed by atoms with Crippen LogP contribution in [-0.4, -0.2) is 19.4 Å². The number of imidazole rings is 1. The van der Waals surface area contributed by atoms with Gasteiger partial charge in [0.15, 0.2) is 0 Å². The van der Waals surface area contributed by atoms with Crippen LogP contribution in [0.3, 0.4) is 0 Å². The standard InChI is InChI=1S/C31H18N4/c1-2-6-19-17(5-1)13-25-20(19)9-10-21-24-16-28-27(15-18(24)14-26(21)25)34-31-23-8-3-11-32-29(23)22-7-4-12-33-30(22)35(28)31/h1-12,15-16H,13-14H2. The molecule has 0 radical (unpaired) electrons. The second-order valence-corrected chi connectivity index (χ2v) is 9.67. The van der Waals surface area contributed by atoms with Crippen LogP contribution in [0, 0.1) is 0 Å². The minimum absolute atomic E-state index is 0.902. The third-order valence-electron chi connectivity index (χ3n) is 7.95. The van der Waals surface area contributed by atoms with Crippen molar-refractivity contribution < 1.29 is 0 Å². The number of hydrogen-bond acceptors (Lipinski definition) is 3. The number of fused-ring (bicyclic) bond motifs is 15. The van der Waals surface area contributed by atoms with Crippen molar-refractivity contribution in [2.75, 3.05) is 0 Å². The normalized spacial score (nSPS) is 13.5. The SMILES string of the molecule is c1ccc2c(c1)Cc1c-2ccc2c1Cc1cc3nc4c5cccnc5c5cccnc5n4c3cc1-2. The largest absolute Gasteiger partial charge is 0.276 e. The maximum Gasteiger partial charge on any atom is 0.149 e. The Labute approximate surface area is 200 Å². The Morgan fingerprint density at radius 1 is 0.600 bits per heavy atom. The Hall–Kier alpha value is -4.57. The second kappa shape index (κ2) is 6.10. The lowest BCUT2D eigenvalue weighted by molar-refractivity contribution is 1.16. The monoisotopic (exact) mass is 446 g/mol. The molecule has 3 aromatic carbocycles. The van der Waals surface area contributed by atoms with E-state index in [-0.39, 0.29) is 0 Å². The molecule has 0 saturated carbocycles. The van der Waals surface area contributed by atoms with Crippen molar-refractivity contribution in [2.24, 2.45) is 0 Å². The molecule has 0 N–H and O–H groups in total. The molecular formula is C31H18N4. The molecule has 9 rings (SSSR count). The first-order chi connectivity index (χ1) is 17.3. The minimum atomic E-state index is 0.902. The minimum Gasteiger partial charge on any atom is -0.276 e. The van der Waals surface area contributed by atoms with Crippen molar-refractivity contribution in [1.82, 2.24) is 19.4 Å². The highest BCUT2D eigenvalue weighted by molar-refractivity contribution is 6.11. The van der Waals surface area contributed by atoms with Crippen LogP contribution in [0.25, 0.3) is 60.9 Å². The van der Waals surface area contributed by atoms with Crippen molar-refractivity contribution in [2.45, 2.75) is 12.8 Å². The Morgan fingerprint density at radius 3 is 2.23 bits per heavy atom. The van der Waals surface area contributed by atoms with Gasteiger partial charge in [-0.3, -0.25) is 9.38 Å². The Kier molecular flexibility index (Phi) is 3.11. The predicted molar refractivity (Wildman–Crippen MR) is 140 cm³/mol. The fourth-order valence-electron chi connectivity index (χ4n) is 6.44. The third kappa shape index (κ3) is 2.15. The van der Waals surface area contributed by atoms with E-state index in [1.165, 1.54) is 44.5 Å². The highest BCUT2D eigenvalue weighted by atomic mass is 15.1. The quantitative estimate of drug-likeness (QED) is 0.243. The van der Waals surface area contributed by atoms with Gasteiger partial charge in [0, 0.05) is 23.2 Å². The molecule has 4 heterocycles. The molecule has 0 bridgehead atoms. The van der Waals surface area contributed by atoms with Gasteiger partial charge >= 0.3 is 0 Å². The number of pyridine rings is 3. The van der Waals surface area contributed by atoms with Crippen molar-refractivity contribution in [3.05, 3.63) is 107 Å². The lowest BCUT2D eigenvalue weighted by atomic mass is 9.96. The Morgan fingerprint density at radius 2 is 1.34 bits per heavy atom. The molecule has 2 aliphatic carbocycles. The lowest BCUT2D eigenvalue weighted by Gasteiger charge is -2.08. The van der Waals surface area contributed by atoms with Gasteiger partial charge in [0.05, 0.1) is 16.6 Å². The maximum absolute atomic E-state index is 5.12. The van der Waals surface area contributed by atoms with Gasteiger partial charge in [0.1, 0.15) is 11.3 Å². The number of nitrogens with zero attached hydrogens (tertiary/aromatic N) is 4. The average molecular weight is 447 g/mol. The summed E-state index contributed by atoms with van der Waals surface area (Å²) in [7, 11) is 0. The van der Waals surface area contributed by atoms with E-state index in [1.807, 2.05) is 24.5 Å². The Balaban J connectivity index is 1.36. The molecule has 4 aromatic heterocycles. The summed E-state index contributed by atoms with van der Waals surface area (Å²) in [6.07, 6.45) is 5.69. The molecule has 0 spiro atoms. The van der Waals surface area contributed by atoms with E-state index in [0.29, 0.717) is 0 Å². The van der Waals surface area contributed by atoms with Gasteiger partial charge in [0.2, 0.25) is 0 Å². The summed E-state index contributed by atoms with van der Waals surface area (Å²) in [5.41, 5.74) is 16.1. The first kappa shape index (κ1) is 17.8. The molecule has 7 aromatic rings. The van der Waals surface area contributed by atoms with Crippen LogP contribution in [0.5, 0.6) is 0 Å². The van der Waals surface area contributed by atoms with Crippen LogP contribution >= 0.6 is 0 Å². The number of hydrogen-bond donors (Lipinski definition) is 0. The molecule has 0 saturated heterocycles. The van der Waals surface area contributed by atoms with Crippen LogP contribution in [0.4, 0.5) is 0 Å². The lowest BCUT2D eigenvalue weighted by Crippen LogP contribution is -1.95. The van der Waals surface area contributed by atoms with Crippen molar-refractivity contribution >= 4 is 38.6 Å². The summed E-state index contributed by atoms with van der Waals surface area (Å²) in [5.74, 6) is 0. The molecular weight excluding hydrogens is 428 g/mol. The number of rotatable bonds is 0. The topological polar surface area (TPSA) is 43.1 Å². The zero-order chi connectivity index (χ0) is 22.7. The summed E-state index contributed by atoms with van der Waals surface area (Å²) >= 11 is 0. The fourth-order valence-corrected chi connectivity index (χ4v) is 6.44. The summed E-state index contributed by atoms with van der Waals surface area (Å²) in [4.78, 5) is 14.6. The molecule has 35 heavy (non-hydrogen) atoms. The molecule has 4 nitrogen and oxygen atoms in total. The summed E-state index contributed by atoms with van der Waals surface area (Å²) < 4.78 is 2.22. The van der Waals surface area contributed by atoms with E-state index in [4.69, 9.17) is 9.97 Å². The average Bonchev–Trinajstić information content (AvgIpc) is 3.58. The van der Waals surface area contributed by atoms with Gasteiger partial charge in [-0.1, -0.05) is 36.4 Å². The first-order valence-electron chi connectivity index (χ1n) is 12.0. The molecule has 0 aliphatic heterocycles. The molecule has 0 amide bonds.